The molecule has 2 aromatic rings. The van der Waals surface area contributed by atoms with Crippen molar-refractivity contribution in [1.82, 2.24) is 5.32 Å². The average Bonchev–Trinajstić information content (AvgIpc) is 3.16. The smallest absolute Gasteiger partial charge is 0.329 e. The lowest BCUT2D eigenvalue weighted by atomic mass is 10.0. The molecule has 0 saturated carbocycles. The van der Waals surface area contributed by atoms with E-state index in [1.807, 2.05) is 0 Å². The molecule has 0 fully saturated rings. The van der Waals surface area contributed by atoms with Crippen molar-refractivity contribution >= 4 is 23.5 Å². The summed E-state index contributed by atoms with van der Waals surface area (Å²) in [5.41, 5.74) is 0.701. The molecule has 0 bridgehead atoms. The highest BCUT2D eigenvalue weighted by Gasteiger charge is 2.29. The summed E-state index contributed by atoms with van der Waals surface area (Å²) in [6, 6.07) is 6.31. The molecular formula is C20H23FN2O5. The number of nitrogens with one attached hydrogen (secondary N) is 2. The minimum Gasteiger partial charge on any atom is -0.459 e. The monoisotopic (exact) mass is 390 g/mol. The fraction of sp³-hybridized carbons (Fsp3) is 0.350. The van der Waals surface area contributed by atoms with Crippen LogP contribution in [0.5, 0.6) is 0 Å². The molecule has 0 spiro atoms. The standard InChI is InChI=1S/C20H23FN2O5/c1-11(2)17(23-19(25)16-6-5-9-27-16)20(26)28-13(4)18(24)22-14-8-7-12(3)15(21)10-14/h5-11,13,17H,1-4H3,(H,22,24)(H,23,25)/t13-,17-/m0/s1. The molecule has 0 aliphatic carbocycles. The number of ether oxygens (including phenoxy) is 1. The van der Waals surface area contributed by atoms with Crippen molar-refractivity contribution in [3.05, 3.63) is 53.7 Å². The lowest BCUT2D eigenvalue weighted by molar-refractivity contribution is -0.156. The van der Waals surface area contributed by atoms with Crippen molar-refractivity contribution in [2.75, 3.05) is 5.32 Å². The molecule has 2 N–H and O–H groups in total. The van der Waals surface area contributed by atoms with Gasteiger partial charge in [-0.3, -0.25) is 9.59 Å². The number of benzene rings is 1. The van der Waals surface area contributed by atoms with Gasteiger partial charge in [-0.05, 0) is 49.6 Å². The maximum Gasteiger partial charge on any atom is 0.329 e. The fourth-order valence-corrected chi connectivity index (χ4v) is 2.33. The number of anilines is 1. The van der Waals surface area contributed by atoms with Gasteiger partial charge in [-0.1, -0.05) is 19.9 Å². The number of carbonyl (C=O) groups is 3. The Morgan fingerprint density at radius 3 is 2.43 bits per heavy atom. The number of carbonyl (C=O) groups excluding carboxylic acids is 3. The zero-order valence-electron chi connectivity index (χ0n) is 16.1. The molecule has 2 amide bonds. The first kappa shape index (κ1) is 21.1. The van der Waals surface area contributed by atoms with Crippen molar-refractivity contribution < 1.29 is 27.9 Å². The van der Waals surface area contributed by atoms with Crippen molar-refractivity contribution in [2.24, 2.45) is 5.92 Å². The Bertz CT molecular complexity index is 848. The van der Waals surface area contributed by atoms with Gasteiger partial charge in [0.25, 0.3) is 11.8 Å². The number of amides is 2. The van der Waals surface area contributed by atoms with Crippen LogP contribution in [0.25, 0.3) is 0 Å². The van der Waals surface area contributed by atoms with E-state index in [-0.39, 0.29) is 17.4 Å². The molecule has 8 heteroatoms. The third-order valence-corrected chi connectivity index (χ3v) is 4.05. The molecule has 150 valence electrons. The van der Waals surface area contributed by atoms with Crippen LogP contribution in [0.15, 0.2) is 41.0 Å². The summed E-state index contributed by atoms with van der Waals surface area (Å²) in [5, 5.41) is 5.03. The number of esters is 1. The highest BCUT2D eigenvalue weighted by atomic mass is 19.1. The number of hydrogen-bond acceptors (Lipinski definition) is 5. The number of halogens is 1. The van der Waals surface area contributed by atoms with Crippen LogP contribution in [0, 0.1) is 18.7 Å². The van der Waals surface area contributed by atoms with Gasteiger partial charge >= 0.3 is 5.97 Å². The van der Waals surface area contributed by atoms with E-state index in [2.05, 4.69) is 10.6 Å². The molecule has 7 nitrogen and oxygen atoms in total. The maximum absolute atomic E-state index is 13.6. The van der Waals surface area contributed by atoms with E-state index in [0.29, 0.717) is 5.56 Å². The molecule has 28 heavy (non-hydrogen) atoms. The fourth-order valence-electron chi connectivity index (χ4n) is 2.33. The van der Waals surface area contributed by atoms with Gasteiger partial charge in [-0.2, -0.15) is 0 Å². The number of hydrogen-bond donors (Lipinski definition) is 2. The summed E-state index contributed by atoms with van der Waals surface area (Å²) in [6.45, 7) is 6.46. The lowest BCUT2D eigenvalue weighted by Crippen LogP contribution is -2.47. The van der Waals surface area contributed by atoms with Crippen molar-refractivity contribution in [1.29, 1.82) is 0 Å². The Balaban J connectivity index is 1.98. The molecule has 2 rings (SSSR count). The van der Waals surface area contributed by atoms with E-state index in [1.165, 1.54) is 31.4 Å². The van der Waals surface area contributed by atoms with E-state index < -0.39 is 35.7 Å². The second kappa shape index (κ2) is 9.16. The molecule has 1 heterocycles. The Kier molecular flexibility index (Phi) is 6.92. The third kappa shape index (κ3) is 5.42. The molecular weight excluding hydrogens is 367 g/mol. The zero-order chi connectivity index (χ0) is 20.8. The van der Waals surface area contributed by atoms with Crippen LogP contribution in [0.4, 0.5) is 10.1 Å². The van der Waals surface area contributed by atoms with E-state index in [9.17, 15) is 18.8 Å². The second-order valence-corrected chi connectivity index (χ2v) is 6.70. The van der Waals surface area contributed by atoms with Crippen molar-refractivity contribution in [3.8, 4) is 0 Å². The van der Waals surface area contributed by atoms with Gasteiger partial charge in [0, 0.05) is 5.69 Å². The van der Waals surface area contributed by atoms with E-state index in [0.717, 1.165) is 0 Å². The Morgan fingerprint density at radius 1 is 1.14 bits per heavy atom. The van der Waals surface area contributed by atoms with Gasteiger partial charge in [0.15, 0.2) is 11.9 Å². The Hall–Kier alpha value is -3.16. The predicted octanol–water partition coefficient (Wildman–Crippen LogP) is 3.05. The number of aryl methyl sites for hydroxylation is 1. The van der Waals surface area contributed by atoms with Crippen LogP contribution < -0.4 is 10.6 Å². The summed E-state index contributed by atoms with van der Waals surface area (Å²) in [5.74, 6) is -2.61. The Morgan fingerprint density at radius 2 is 1.86 bits per heavy atom. The quantitative estimate of drug-likeness (QED) is 0.708. The Labute approximate surface area is 162 Å². The van der Waals surface area contributed by atoms with Gasteiger partial charge in [-0.25, -0.2) is 9.18 Å². The predicted molar refractivity (Wildman–Crippen MR) is 100 cm³/mol. The van der Waals surface area contributed by atoms with Crippen LogP contribution in [0.2, 0.25) is 0 Å². The van der Waals surface area contributed by atoms with Crippen LogP contribution in [-0.4, -0.2) is 29.9 Å². The third-order valence-electron chi connectivity index (χ3n) is 4.05. The normalized spacial score (nSPS) is 12.9. The topological polar surface area (TPSA) is 97.6 Å². The minimum atomic E-state index is -1.14. The zero-order valence-corrected chi connectivity index (χ0v) is 16.1. The van der Waals surface area contributed by atoms with Crippen molar-refractivity contribution in [3.63, 3.8) is 0 Å². The van der Waals surface area contributed by atoms with E-state index in [1.54, 1.807) is 32.9 Å². The van der Waals surface area contributed by atoms with Crippen molar-refractivity contribution in [2.45, 2.75) is 39.8 Å². The highest BCUT2D eigenvalue weighted by Crippen LogP contribution is 2.15. The molecule has 0 aliphatic rings. The number of furan rings is 1. The summed E-state index contributed by atoms with van der Waals surface area (Å²) in [6.07, 6.45) is 0.205. The molecule has 2 atom stereocenters. The van der Waals surface area contributed by atoms with Gasteiger partial charge in [0.05, 0.1) is 6.26 Å². The first-order valence-electron chi connectivity index (χ1n) is 8.81. The van der Waals surface area contributed by atoms with Gasteiger partial charge < -0.3 is 19.8 Å². The van der Waals surface area contributed by atoms with Gasteiger partial charge in [-0.15, -0.1) is 0 Å². The van der Waals surface area contributed by atoms with Crippen LogP contribution in [-0.2, 0) is 14.3 Å². The molecule has 0 unspecified atom stereocenters. The largest absolute Gasteiger partial charge is 0.459 e. The summed E-state index contributed by atoms with van der Waals surface area (Å²) in [4.78, 5) is 36.8. The molecule has 1 aromatic carbocycles. The molecule has 0 aliphatic heterocycles. The van der Waals surface area contributed by atoms with E-state index in [4.69, 9.17) is 9.15 Å². The minimum absolute atomic E-state index is 0.0608. The molecule has 0 radical (unpaired) electrons. The molecule has 0 saturated heterocycles. The molecule has 1 aromatic heterocycles. The average molecular weight is 390 g/mol. The van der Waals surface area contributed by atoms with Crippen LogP contribution in [0.1, 0.15) is 36.9 Å². The second-order valence-electron chi connectivity index (χ2n) is 6.70. The van der Waals surface area contributed by atoms with E-state index >= 15 is 0 Å². The summed E-state index contributed by atoms with van der Waals surface area (Å²) < 4.78 is 23.8. The first-order chi connectivity index (χ1) is 13.2. The summed E-state index contributed by atoms with van der Waals surface area (Å²) >= 11 is 0. The lowest BCUT2D eigenvalue weighted by Gasteiger charge is -2.22. The van der Waals surface area contributed by atoms with Crippen LogP contribution >= 0.6 is 0 Å². The SMILES string of the molecule is Cc1ccc(NC(=O)[C@H](C)OC(=O)[C@@H](NC(=O)c2ccco2)C(C)C)cc1F. The van der Waals surface area contributed by atoms with Gasteiger partial charge in [0.2, 0.25) is 0 Å². The van der Waals surface area contributed by atoms with Gasteiger partial charge in [0.1, 0.15) is 11.9 Å². The highest BCUT2D eigenvalue weighted by molar-refractivity contribution is 5.97. The van der Waals surface area contributed by atoms with Crippen LogP contribution in [0.3, 0.4) is 0 Å². The summed E-state index contributed by atoms with van der Waals surface area (Å²) in [7, 11) is 0. The maximum atomic E-state index is 13.6. The first-order valence-corrected chi connectivity index (χ1v) is 8.81. The number of rotatable bonds is 7.